The summed E-state index contributed by atoms with van der Waals surface area (Å²) in [6, 6.07) is 0. The highest BCUT2D eigenvalue weighted by Crippen LogP contribution is 2.18. The maximum absolute atomic E-state index is 11.8. The normalized spacial score (nSPS) is 15.5. The summed E-state index contributed by atoms with van der Waals surface area (Å²) in [5, 5.41) is 0. The van der Waals surface area contributed by atoms with Crippen LogP contribution >= 0.6 is 0 Å². The minimum absolute atomic E-state index is 0.154. The van der Waals surface area contributed by atoms with Crippen molar-refractivity contribution in [1.29, 1.82) is 0 Å². The van der Waals surface area contributed by atoms with Crippen molar-refractivity contribution >= 4 is 11.9 Å². The molecule has 98 valence electrons. The third kappa shape index (κ3) is 3.58. The largest absolute Gasteiger partial charge is 0.462 e. The maximum atomic E-state index is 11.8. The average Bonchev–Trinajstić information content (AvgIpc) is 2.52. The molecule has 0 heterocycles. The van der Waals surface area contributed by atoms with Gasteiger partial charge in [-0.1, -0.05) is 31.2 Å². The first kappa shape index (κ1) is 14.2. The molecule has 0 spiro atoms. The molecule has 0 aromatic carbocycles. The second kappa shape index (κ2) is 6.79. The number of carbonyl (C=O) groups is 2. The molecule has 0 fully saturated rings. The average molecular weight is 250 g/mol. The lowest BCUT2D eigenvalue weighted by molar-refractivity contribution is -0.141. The van der Waals surface area contributed by atoms with E-state index in [-0.39, 0.29) is 30.3 Å². The second-order valence-corrected chi connectivity index (χ2v) is 3.85. The zero-order chi connectivity index (χ0) is 13.5. The summed E-state index contributed by atoms with van der Waals surface area (Å²) in [6.07, 6.45) is 6.92. The Morgan fingerprint density at radius 2 is 1.39 bits per heavy atom. The van der Waals surface area contributed by atoms with E-state index in [1.807, 2.05) is 19.1 Å². The van der Waals surface area contributed by atoms with E-state index in [4.69, 9.17) is 9.47 Å². The standard InChI is InChI=1S/C14H18O4/c1-4-17-13(15)11-8-6-10(3)7-9-12(11)14(16)18-5-2/h6-10H,4-5H2,1-3H3. The Morgan fingerprint density at radius 3 is 1.72 bits per heavy atom. The lowest BCUT2D eigenvalue weighted by atomic mass is 10.1. The molecule has 0 atom stereocenters. The number of esters is 2. The number of allylic oxidation sites excluding steroid dienone is 2. The van der Waals surface area contributed by atoms with E-state index in [0.717, 1.165) is 0 Å². The molecule has 0 N–H and O–H groups in total. The Kier molecular flexibility index (Phi) is 5.36. The lowest BCUT2D eigenvalue weighted by Gasteiger charge is -2.07. The molecule has 18 heavy (non-hydrogen) atoms. The molecule has 1 aliphatic rings. The first-order valence-electron chi connectivity index (χ1n) is 6.05. The van der Waals surface area contributed by atoms with Crippen LogP contribution in [-0.4, -0.2) is 25.2 Å². The molecule has 0 saturated carbocycles. The van der Waals surface area contributed by atoms with E-state index in [1.165, 1.54) is 0 Å². The van der Waals surface area contributed by atoms with Gasteiger partial charge >= 0.3 is 11.9 Å². The molecule has 0 unspecified atom stereocenters. The third-order valence-electron chi connectivity index (χ3n) is 2.41. The minimum atomic E-state index is -0.504. The van der Waals surface area contributed by atoms with Gasteiger partial charge in [-0.2, -0.15) is 0 Å². The fourth-order valence-corrected chi connectivity index (χ4v) is 1.51. The van der Waals surface area contributed by atoms with Gasteiger partial charge in [0.25, 0.3) is 0 Å². The lowest BCUT2D eigenvalue weighted by Crippen LogP contribution is -2.14. The fraction of sp³-hybridized carbons (Fsp3) is 0.429. The highest BCUT2D eigenvalue weighted by Gasteiger charge is 2.20. The summed E-state index contributed by atoms with van der Waals surface area (Å²) in [6.45, 7) is 5.95. The summed E-state index contributed by atoms with van der Waals surface area (Å²) in [5.41, 5.74) is 0.492. The van der Waals surface area contributed by atoms with Gasteiger partial charge < -0.3 is 9.47 Å². The highest BCUT2D eigenvalue weighted by molar-refractivity contribution is 6.04. The molecule has 0 radical (unpaired) electrons. The smallest absolute Gasteiger partial charge is 0.338 e. The van der Waals surface area contributed by atoms with Gasteiger partial charge in [0.05, 0.1) is 24.4 Å². The SMILES string of the molecule is CCOC(=O)C1=C(C(=O)OCC)C=CC(C)C=C1. The molecular weight excluding hydrogens is 232 g/mol. The molecule has 0 bridgehead atoms. The van der Waals surface area contributed by atoms with Crippen LogP contribution in [0.5, 0.6) is 0 Å². The third-order valence-corrected chi connectivity index (χ3v) is 2.41. The molecule has 1 rings (SSSR count). The summed E-state index contributed by atoms with van der Waals surface area (Å²) >= 11 is 0. The van der Waals surface area contributed by atoms with E-state index < -0.39 is 11.9 Å². The van der Waals surface area contributed by atoms with Crippen LogP contribution in [0.25, 0.3) is 0 Å². The Labute approximate surface area is 107 Å². The summed E-state index contributed by atoms with van der Waals surface area (Å²) < 4.78 is 9.88. The Balaban J connectivity index is 3.13. The summed E-state index contributed by atoms with van der Waals surface area (Å²) in [5.74, 6) is -0.854. The predicted octanol–water partition coefficient (Wildman–Crippen LogP) is 2.17. The molecule has 0 aliphatic heterocycles. The van der Waals surface area contributed by atoms with Crippen molar-refractivity contribution in [2.75, 3.05) is 13.2 Å². The van der Waals surface area contributed by atoms with Crippen molar-refractivity contribution in [3.8, 4) is 0 Å². The van der Waals surface area contributed by atoms with Crippen LogP contribution in [0.3, 0.4) is 0 Å². The van der Waals surface area contributed by atoms with Gasteiger partial charge in [-0.15, -0.1) is 0 Å². The fourth-order valence-electron chi connectivity index (χ4n) is 1.51. The van der Waals surface area contributed by atoms with Crippen LogP contribution in [0.1, 0.15) is 20.8 Å². The van der Waals surface area contributed by atoms with Crippen LogP contribution in [0, 0.1) is 5.92 Å². The van der Waals surface area contributed by atoms with Gasteiger partial charge in [0.1, 0.15) is 0 Å². The van der Waals surface area contributed by atoms with Gasteiger partial charge in [0, 0.05) is 0 Å². The van der Waals surface area contributed by atoms with Crippen LogP contribution in [0.4, 0.5) is 0 Å². The Bertz CT molecular complexity index is 378. The van der Waals surface area contributed by atoms with Crippen molar-refractivity contribution < 1.29 is 19.1 Å². The molecule has 0 aromatic heterocycles. The monoisotopic (exact) mass is 250 g/mol. The first-order valence-corrected chi connectivity index (χ1v) is 6.05. The highest BCUT2D eigenvalue weighted by atomic mass is 16.5. The number of carbonyl (C=O) groups excluding carboxylic acids is 2. The van der Waals surface area contributed by atoms with Gasteiger partial charge in [0.15, 0.2) is 0 Å². The Morgan fingerprint density at radius 1 is 1.00 bits per heavy atom. The molecule has 0 amide bonds. The van der Waals surface area contributed by atoms with Crippen molar-refractivity contribution in [3.05, 3.63) is 35.5 Å². The minimum Gasteiger partial charge on any atom is -0.462 e. The van der Waals surface area contributed by atoms with Crippen LogP contribution in [0.2, 0.25) is 0 Å². The Hall–Kier alpha value is -1.84. The quantitative estimate of drug-likeness (QED) is 0.717. The van der Waals surface area contributed by atoms with Gasteiger partial charge in [-0.3, -0.25) is 0 Å². The number of hydrogen-bond donors (Lipinski definition) is 0. The van der Waals surface area contributed by atoms with Crippen LogP contribution in [-0.2, 0) is 19.1 Å². The van der Waals surface area contributed by atoms with E-state index in [9.17, 15) is 9.59 Å². The van der Waals surface area contributed by atoms with E-state index >= 15 is 0 Å². The van der Waals surface area contributed by atoms with Crippen molar-refractivity contribution in [3.63, 3.8) is 0 Å². The van der Waals surface area contributed by atoms with Crippen LogP contribution < -0.4 is 0 Å². The first-order chi connectivity index (χ1) is 8.60. The van der Waals surface area contributed by atoms with Crippen molar-refractivity contribution in [2.24, 2.45) is 5.92 Å². The topological polar surface area (TPSA) is 52.6 Å². The zero-order valence-corrected chi connectivity index (χ0v) is 10.9. The maximum Gasteiger partial charge on any atom is 0.338 e. The zero-order valence-electron chi connectivity index (χ0n) is 10.9. The molecule has 1 aliphatic carbocycles. The molecular formula is C14H18O4. The van der Waals surface area contributed by atoms with Gasteiger partial charge in [-0.05, 0) is 19.8 Å². The molecule has 4 nitrogen and oxygen atoms in total. The van der Waals surface area contributed by atoms with Crippen LogP contribution in [0.15, 0.2) is 35.5 Å². The number of rotatable bonds is 4. The van der Waals surface area contributed by atoms with Gasteiger partial charge in [0.2, 0.25) is 0 Å². The number of ether oxygens (including phenoxy) is 2. The summed E-state index contributed by atoms with van der Waals surface area (Å²) in [4.78, 5) is 23.6. The predicted molar refractivity (Wildman–Crippen MR) is 67.7 cm³/mol. The van der Waals surface area contributed by atoms with Crippen molar-refractivity contribution in [2.45, 2.75) is 20.8 Å². The molecule has 4 heteroatoms. The second-order valence-electron chi connectivity index (χ2n) is 3.85. The number of hydrogen-bond acceptors (Lipinski definition) is 4. The molecule has 0 aromatic rings. The van der Waals surface area contributed by atoms with E-state index in [0.29, 0.717) is 0 Å². The summed E-state index contributed by atoms with van der Waals surface area (Å²) in [7, 11) is 0. The molecule has 0 saturated heterocycles. The van der Waals surface area contributed by atoms with Gasteiger partial charge in [-0.25, -0.2) is 9.59 Å². The van der Waals surface area contributed by atoms with E-state index in [1.54, 1.807) is 26.0 Å². The van der Waals surface area contributed by atoms with Crippen molar-refractivity contribution in [1.82, 2.24) is 0 Å². The van der Waals surface area contributed by atoms with E-state index in [2.05, 4.69) is 0 Å².